The van der Waals surface area contributed by atoms with E-state index in [1.807, 2.05) is 24.3 Å². The van der Waals surface area contributed by atoms with Crippen molar-refractivity contribution in [3.8, 4) is 47.0 Å². The summed E-state index contributed by atoms with van der Waals surface area (Å²) in [6.07, 6.45) is -0.586. The minimum Gasteiger partial charge on any atom is -0.489 e. The highest BCUT2D eigenvalue weighted by Crippen LogP contribution is 2.33. The molecule has 1 atom stereocenters. The number of para-hydroxylation sites is 2. The van der Waals surface area contributed by atoms with Gasteiger partial charge in [-0.15, -0.1) is 5.10 Å². The Morgan fingerprint density at radius 1 is 0.943 bits per heavy atom. The summed E-state index contributed by atoms with van der Waals surface area (Å²) >= 11 is 0. The topological polar surface area (TPSA) is 189 Å². The first-order valence-corrected chi connectivity index (χ1v) is 21.9. The van der Waals surface area contributed by atoms with E-state index < -0.39 is 29.5 Å². The molecule has 0 saturated heterocycles. The minimum absolute atomic E-state index is 0.0338. The number of anilines is 1. The fraction of sp³-hybridized carbons (Fsp3) is 0.255. The van der Waals surface area contributed by atoms with Crippen molar-refractivity contribution in [1.29, 1.82) is 0 Å². The van der Waals surface area contributed by atoms with Gasteiger partial charge < -0.3 is 35.4 Å². The Morgan fingerprint density at radius 2 is 1.74 bits per heavy atom. The van der Waals surface area contributed by atoms with Crippen LogP contribution in [0.5, 0.6) is 11.5 Å². The molecule has 0 saturated carbocycles. The second kappa shape index (κ2) is 23.5. The van der Waals surface area contributed by atoms with Gasteiger partial charge in [0.25, 0.3) is 17.7 Å². The van der Waals surface area contributed by atoms with Gasteiger partial charge in [-0.1, -0.05) is 54.0 Å². The molecule has 0 aliphatic carbocycles. The largest absolute Gasteiger partial charge is 0.489 e. The van der Waals surface area contributed by atoms with E-state index in [0.717, 1.165) is 23.3 Å². The van der Waals surface area contributed by atoms with E-state index in [1.54, 1.807) is 60.4 Å². The van der Waals surface area contributed by atoms with Gasteiger partial charge >= 0.3 is 6.18 Å². The zero-order chi connectivity index (χ0) is 49.5. The van der Waals surface area contributed by atoms with Gasteiger partial charge in [-0.25, -0.2) is 9.37 Å². The van der Waals surface area contributed by atoms with Crippen LogP contribution in [0, 0.1) is 41.3 Å². The number of likely N-dealkylation sites (N-methyl/N-ethyl adjacent to an activating group) is 1. The fourth-order valence-electron chi connectivity index (χ4n) is 6.92. The highest BCUT2D eigenvalue weighted by atomic mass is 19.4. The molecule has 3 amide bonds. The van der Waals surface area contributed by atoms with Crippen molar-refractivity contribution >= 4 is 23.4 Å². The Labute approximate surface area is 400 Å². The molecule has 1 aliphatic heterocycles. The number of aromatic amines is 1. The highest BCUT2D eigenvalue weighted by Gasteiger charge is 2.34. The number of carbonyl (C=O) groups excluding carboxylic acids is 3. The van der Waals surface area contributed by atoms with Gasteiger partial charge in [0, 0.05) is 68.8 Å². The molecule has 3 heterocycles. The van der Waals surface area contributed by atoms with Crippen LogP contribution in [0.25, 0.3) is 0 Å². The second-order valence-electron chi connectivity index (χ2n) is 15.6. The summed E-state index contributed by atoms with van der Waals surface area (Å²) in [4.78, 5) is 44.4. The zero-order valence-electron chi connectivity index (χ0n) is 37.6. The molecular formula is C51H45F4N9O6. The molecule has 0 unspecified atom stereocenters. The number of amides is 3. The van der Waals surface area contributed by atoms with Crippen LogP contribution in [0.2, 0.25) is 0 Å². The SMILES string of the molecule is CN1C(=O)[C@@H](NC(=O)c2n[nH]c(Cc3ccc(C#CC#CCCn4cc(C(=O)NCCC#Cc5ccc(OCc6ccc(F)c(C(F)(F)F)c6)c(CNCCO)c5)cn4)cc3)n2)COc2ccccc21. The molecular weight excluding hydrogens is 911 g/mol. The third-order valence-corrected chi connectivity index (χ3v) is 10.5. The lowest BCUT2D eigenvalue weighted by Crippen LogP contribution is -2.49. The lowest BCUT2D eigenvalue weighted by molar-refractivity contribution is -0.140. The van der Waals surface area contributed by atoms with Crippen LogP contribution in [0.1, 0.15) is 73.0 Å². The Kier molecular flexibility index (Phi) is 16.6. The molecule has 19 heteroatoms. The molecule has 4 aromatic carbocycles. The quantitative estimate of drug-likeness (QED) is 0.0492. The second-order valence-corrected chi connectivity index (χ2v) is 15.6. The van der Waals surface area contributed by atoms with Crippen LogP contribution in [-0.4, -0.2) is 87.2 Å². The van der Waals surface area contributed by atoms with Crippen molar-refractivity contribution in [2.75, 3.05) is 38.3 Å². The molecule has 2 aromatic heterocycles. The van der Waals surface area contributed by atoms with E-state index in [9.17, 15) is 37.1 Å². The summed E-state index contributed by atoms with van der Waals surface area (Å²) in [5, 5.41) is 28.8. The van der Waals surface area contributed by atoms with Crippen molar-refractivity contribution in [2.24, 2.45) is 0 Å². The predicted octanol–water partition coefficient (Wildman–Crippen LogP) is 5.18. The van der Waals surface area contributed by atoms with Crippen LogP contribution in [0.3, 0.4) is 0 Å². The number of aliphatic hydroxyl groups excluding tert-OH is 1. The van der Waals surface area contributed by atoms with E-state index in [2.05, 4.69) is 71.8 Å². The number of benzene rings is 4. The van der Waals surface area contributed by atoms with Crippen molar-refractivity contribution in [1.82, 2.24) is 40.9 Å². The number of fused-ring (bicyclic) bond motifs is 1. The molecule has 15 nitrogen and oxygen atoms in total. The number of hydrogen-bond acceptors (Lipinski definition) is 10. The number of rotatable bonds is 16. The van der Waals surface area contributed by atoms with E-state index in [-0.39, 0.29) is 56.1 Å². The van der Waals surface area contributed by atoms with Crippen LogP contribution in [0.15, 0.2) is 97.3 Å². The number of ether oxygens (including phenoxy) is 2. The van der Waals surface area contributed by atoms with Crippen LogP contribution >= 0.6 is 0 Å². The molecule has 7 rings (SSSR count). The Balaban J connectivity index is 0.814. The minimum atomic E-state index is -4.84. The van der Waals surface area contributed by atoms with Crippen molar-refractivity contribution in [3.05, 3.63) is 154 Å². The number of hydrogen-bond donors (Lipinski definition) is 5. The predicted molar refractivity (Wildman–Crippen MR) is 249 cm³/mol. The molecule has 0 fully saturated rings. The Morgan fingerprint density at radius 3 is 2.56 bits per heavy atom. The average Bonchev–Trinajstić information content (AvgIpc) is 4.02. The van der Waals surface area contributed by atoms with Gasteiger partial charge in [0.2, 0.25) is 5.82 Å². The summed E-state index contributed by atoms with van der Waals surface area (Å²) in [7, 11) is 1.62. The normalized spacial score (nSPS) is 13.0. The molecule has 6 aromatic rings. The summed E-state index contributed by atoms with van der Waals surface area (Å²) in [5.74, 6) is 16.4. The number of aliphatic hydroxyl groups is 1. The van der Waals surface area contributed by atoms with E-state index in [0.29, 0.717) is 72.1 Å². The first-order valence-electron chi connectivity index (χ1n) is 21.9. The summed E-state index contributed by atoms with van der Waals surface area (Å²) in [6, 6.07) is 21.5. The standard InChI is InChI=1S/C51H45F4N9O6/c1-63-43-12-5-6-13-45(43)70-33-42(50(63)68)59-49(67)47-60-46(61-62-47)28-36-16-14-34(15-17-36)10-4-2-3-9-24-64-31-39(30-58-64)48(66)57-22-8-7-11-35-19-21-44(38(26-35)29-56-23-25-65)69-32-37-18-20-41(52)40(27-37)51(53,54)55/h5-6,12-21,26-27,30-31,42,56,65H,8-9,22-25,28-29,32-33H2,1H3,(H,57,66)(H,59,67)(H,60,61,62)/t42-/m0/s1. The zero-order valence-corrected chi connectivity index (χ0v) is 37.6. The van der Waals surface area contributed by atoms with Gasteiger partial charge in [0.15, 0.2) is 0 Å². The summed E-state index contributed by atoms with van der Waals surface area (Å²) in [6.45, 7) is 0.926. The van der Waals surface area contributed by atoms with Gasteiger partial charge in [0.1, 0.15) is 42.4 Å². The average molecular weight is 956 g/mol. The first kappa shape index (κ1) is 49.5. The van der Waals surface area contributed by atoms with E-state index in [1.165, 1.54) is 17.2 Å². The van der Waals surface area contributed by atoms with Crippen molar-refractivity contribution in [2.45, 2.75) is 51.2 Å². The first-order chi connectivity index (χ1) is 33.8. The molecule has 5 N–H and O–H groups in total. The highest BCUT2D eigenvalue weighted by molar-refractivity contribution is 6.02. The molecule has 0 spiro atoms. The van der Waals surface area contributed by atoms with Gasteiger partial charge in [-0.05, 0) is 77.6 Å². The number of aromatic nitrogens is 5. The van der Waals surface area contributed by atoms with Crippen LogP contribution in [-0.2, 0) is 37.1 Å². The third-order valence-electron chi connectivity index (χ3n) is 10.5. The van der Waals surface area contributed by atoms with Crippen molar-refractivity contribution in [3.63, 3.8) is 0 Å². The number of H-pyrrole nitrogens is 1. The van der Waals surface area contributed by atoms with E-state index >= 15 is 0 Å². The van der Waals surface area contributed by atoms with Crippen molar-refractivity contribution < 1.29 is 46.5 Å². The number of aryl methyl sites for hydroxylation is 1. The van der Waals surface area contributed by atoms with E-state index in [4.69, 9.17) is 9.47 Å². The lowest BCUT2D eigenvalue weighted by atomic mass is 10.1. The smallest absolute Gasteiger partial charge is 0.419 e. The maximum Gasteiger partial charge on any atom is 0.419 e. The van der Waals surface area contributed by atoms with Gasteiger partial charge in [-0.3, -0.25) is 24.2 Å². The lowest BCUT2D eigenvalue weighted by Gasteiger charge is -2.19. The van der Waals surface area contributed by atoms with Gasteiger partial charge in [-0.2, -0.15) is 18.3 Å². The molecule has 1 aliphatic rings. The number of carbonyl (C=O) groups is 3. The third kappa shape index (κ3) is 13.6. The summed E-state index contributed by atoms with van der Waals surface area (Å²) < 4.78 is 66.5. The molecule has 0 radical (unpaired) electrons. The summed E-state index contributed by atoms with van der Waals surface area (Å²) in [5.41, 5.74) is 2.70. The number of alkyl halides is 3. The molecule has 0 bridgehead atoms. The molecule has 358 valence electrons. The number of nitrogens with one attached hydrogen (secondary N) is 4. The Bertz CT molecular complexity index is 3030. The number of nitrogens with zero attached hydrogens (tertiary/aromatic N) is 5. The van der Waals surface area contributed by atoms with Crippen LogP contribution in [0.4, 0.5) is 23.2 Å². The van der Waals surface area contributed by atoms with Gasteiger partial charge in [0.05, 0.1) is 36.2 Å². The maximum absolute atomic E-state index is 13.7. The monoisotopic (exact) mass is 955 g/mol. The Hall–Kier alpha value is -8.44. The molecule has 70 heavy (non-hydrogen) atoms. The maximum atomic E-state index is 13.7. The van der Waals surface area contributed by atoms with Crippen LogP contribution < -0.4 is 30.3 Å². The number of halogens is 4. The fourth-order valence-corrected chi connectivity index (χ4v) is 6.92.